The van der Waals surface area contributed by atoms with Crippen molar-refractivity contribution in [2.24, 2.45) is 5.92 Å². The summed E-state index contributed by atoms with van der Waals surface area (Å²) in [5.41, 5.74) is 0. The van der Waals surface area contributed by atoms with Crippen LogP contribution >= 0.6 is 0 Å². The Morgan fingerprint density at radius 3 is 2.41 bits per heavy atom. The van der Waals surface area contributed by atoms with E-state index in [2.05, 4.69) is 4.90 Å². The van der Waals surface area contributed by atoms with Crippen LogP contribution in [-0.4, -0.2) is 49.0 Å². The summed E-state index contributed by atoms with van der Waals surface area (Å²) in [5, 5.41) is 8.71. The van der Waals surface area contributed by atoms with Crippen molar-refractivity contribution in [2.75, 3.05) is 32.8 Å². The predicted molar refractivity (Wildman–Crippen MR) is 69.1 cm³/mol. The fraction of sp³-hybridized carbons (Fsp3) is 1.00. The molecule has 0 bridgehead atoms. The highest BCUT2D eigenvalue weighted by molar-refractivity contribution is 4.77. The molecule has 1 N–H and O–H groups in total. The minimum Gasteiger partial charge on any atom is -0.396 e. The second kappa shape index (κ2) is 7.34. The van der Waals surface area contributed by atoms with Crippen LogP contribution in [-0.2, 0) is 4.74 Å². The highest BCUT2D eigenvalue weighted by atomic mass is 16.5. The fourth-order valence-electron chi connectivity index (χ4n) is 3.13. The molecule has 0 aromatic carbocycles. The first kappa shape index (κ1) is 13.3. The molecule has 2 aliphatic rings. The van der Waals surface area contributed by atoms with Crippen molar-refractivity contribution in [3.8, 4) is 0 Å². The van der Waals surface area contributed by atoms with Crippen molar-refractivity contribution in [1.29, 1.82) is 0 Å². The maximum Gasteiger partial charge on any atom is 0.0599 e. The lowest BCUT2D eigenvalue weighted by atomic mass is 10.0. The average molecular weight is 241 g/mol. The zero-order chi connectivity index (χ0) is 11.9. The van der Waals surface area contributed by atoms with Crippen molar-refractivity contribution in [2.45, 2.75) is 51.0 Å². The smallest absolute Gasteiger partial charge is 0.0599 e. The summed E-state index contributed by atoms with van der Waals surface area (Å²) in [4.78, 5) is 2.63. The summed E-state index contributed by atoms with van der Waals surface area (Å²) in [6.07, 6.45) is 9.39. The van der Waals surface area contributed by atoms with Gasteiger partial charge in [0.05, 0.1) is 6.10 Å². The number of aliphatic hydroxyl groups excluding tert-OH is 1. The molecule has 3 nitrogen and oxygen atoms in total. The molecule has 1 saturated heterocycles. The largest absolute Gasteiger partial charge is 0.396 e. The molecule has 1 aliphatic carbocycles. The van der Waals surface area contributed by atoms with E-state index in [1.54, 1.807) is 0 Å². The van der Waals surface area contributed by atoms with E-state index in [1.165, 1.54) is 58.2 Å². The fourth-order valence-corrected chi connectivity index (χ4v) is 3.13. The van der Waals surface area contributed by atoms with Gasteiger partial charge in [0.2, 0.25) is 0 Å². The first-order chi connectivity index (χ1) is 8.38. The number of likely N-dealkylation sites (tertiary alicyclic amines) is 1. The molecule has 2 fully saturated rings. The summed E-state index contributed by atoms with van der Waals surface area (Å²) in [6, 6.07) is 0. The van der Waals surface area contributed by atoms with Crippen molar-refractivity contribution in [3.63, 3.8) is 0 Å². The van der Waals surface area contributed by atoms with Gasteiger partial charge in [0.15, 0.2) is 0 Å². The minimum absolute atomic E-state index is 0.251. The molecule has 100 valence electrons. The Bertz CT molecular complexity index is 196. The molecule has 3 heteroatoms. The Labute approximate surface area is 105 Å². The standard InChI is InChI=1S/C14H27NO2/c16-10-3-11-17-14-6-8-15(9-7-14)12-13-4-1-2-5-13/h13-14,16H,1-12H2. The first-order valence-corrected chi connectivity index (χ1v) is 7.33. The van der Waals surface area contributed by atoms with Crippen LogP contribution in [0.1, 0.15) is 44.9 Å². The van der Waals surface area contributed by atoms with Crippen molar-refractivity contribution in [1.82, 2.24) is 4.90 Å². The van der Waals surface area contributed by atoms with E-state index < -0.39 is 0 Å². The van der Waals surface area contributed by atoms with Gasteiger partial charge in [0.1, 0.15) is 0 Å². The summed E-state index contributed by atoms with van der Waals surface area (Å²) >= 11 is 0. The molecule has 2 rings (SSSR count). The molecule has 0 aromatic heterocycles. The number of hydrogen-bond acceptors (Lipinski definition) is 3. The topological polar surface area (TPSA) is 32.7 Å². The average Bonchev–Trinajstić information content (AvgIpc) is 2.85. The zero-order valence-corrected chi connectivity index (χ0v) is 10.9. The Balaban J connectivity index is 1.57. The van der Waals surface area contributed by atoms with Gasteiger partial charge in [-0.3, -0.25) is 0 Å². The molecule has 0 amide bonds. The lowest BCUT2D eigenvalue weighted by Gasteiger charge is -2.33. The molecule has 0 atom stereocenters. The van der Waals surface area contributed by atoms with Crippen molar-refractivity contribution in [3.05, 3.63) is 0 Å². The lowest BCUT2D eigenvalue weighted by Crippen LogP contribution is -2.39. The van der Waals surface area contributed by atoms with E-state index in [1.807, 2.05) is 0 Å². The van der Waals surface area contributed by atoms with Gasteiger partial charge in [0, 0.05) is 32.8 Å². The van der Waals surface area contributed by atoms with Crippen LogP contribution < -0.4 is 0 Å². The van der Waals surface area contributed by atoms with Crippen LogP contribution in [0.4, 0.5) is 0 Å². The Morgan fingerprint density at radius 1 is 1.06 bits per heavy atom. The third-order valence-corrected chi connectivity index (χ3v) is 4.18. The number of aliphatic hydroxyl groups is 1. The van der Waals surface area contributed by atoms with Crippen LogP contribution in [0.3, 0.4) is 0 Å². The van der Waals surface area contributed by atoms with Crippen LogP contribution in [0.2, 0.25) is 0 Å². The summed E-state index contributed by atoms with van der Waals surface area (Å²) in [7, 11) is 0. The summed E-state index contributed by atoms with van der Waals surface area (Å²) in [5.74, 6) is 0.974. The number of hydrogen-bond donors (Lipinski definition) is 1. The van der Waals surface area contributed by atoms with E-state index in [4.69, 9.17) is 9.84 Å². The Morgan fingerprint density at radius 2 is 1.76 bits per heavy atom. The highest BCUT2D eigenvalue weighted by Gasteiger charge is 2.23. The van der Waals surface area contributed by atoms with Gasteiger partial charge in [-0.2, -0.15) is 0 Å². The van der Waals surface area contributed by atoms with Gasteiger partial charge in [0.25, 0.3) is 0 Å². The van der Waals surface area contributed by atoms with Crippen LogP contribution in [0.25, 0.3) is 0 Å². The minimum atomic E-state index is 0.251. The lowest BCUT2D eigenvalue weighted by molar-refractivity contribution is -0.000201. The highest BCUT2D eigenvalue weighted by Crippen LogP contribution is 2.26. The molecule has 1 saturated carbocycles. The van der Waals surface area contributed by atoms with Gasteiger partial charge in [-0.15, -0.1) is 0 Å². The second-order valence-electron chi connectivity index (χ2n) is 5.60. The third kappa shape index (κ3) is 4.57. The second-order valence-corrected chi connectivity index (χ2v) is 5.60. The van der Waals surface area contributed by atoms with E-state index >= 15 is 0 Å². The van der Waals surface area contributed by atoms with Gasteiger partial charge in [-0.05, 0) is 38.0 Å². The molecule has 0 spiro atoms. The van der Waals surface area contributed by atoms with Gasteiger partial charge in [-0.25, -0.2) is 0 Å². The van der Waals surface area contributed by atoms with Crippen molar-refractivity contribution >= 4 is 0 Å². The number of rotatable bonds is 6. The van der Waals surface area contributed by atoms with Crippen LogP contribution in [0, 0.1) is 5.92 Å². The molecule has 0 aromatic rings. The molecular weight excluding hydrogens is 214 g/mol. The van der Waals surface area contributed by atoms with Gasteiger partial charge >= 0.3 is 0 Å². The van der Waals surface area contributed by atoms with E-state index in [9.17, 15) is 0 Å². The van der Waals surface area contributed by atoms with Crippen LogP contribution in [0.5, 0.6) is 0 Å². The molecule has 1 aliphatic heterocycles. The SMILES string of the molecule is OCCCOC1CCN(CC2CCCC2)CC1. The first-order valence-electron chi connectivity index (χ1n) is 7.33. The quantitative estimate of drug-likeness (QED) is 0.722. The van der Waals surface area contributed by atoms with Gasteiger partial charge in [-0.1, -0.05) is 12.8 Å². The molecule has 0 radical (unpaired) electrons. The maximum absolute atomic E-state index is 8.71. The zero-order valence-electron chi connectivity index (χ0n) is 10.9. The number of ether oxygens (including phenoxy) is 1. The predicted octanol–water partition coefficient (Wildman–Crippen LogP) is 2.04. The monoisotopic (exact) mass is 241 g/mol. The Kier molecular flexibility index (Phi) is 5.75. The molecule has 0 unspecified atom stereocenters. The van der Waals surface area contributed by atoms with Crippen LogP contribution in [0.15, 0.2) is 0 Å². The molecule has 1 heterocycles. The number of piperidine rings is 1. The number of nitrogens with zero attached hydrogens (tertiary/aromatic N) is 1. The normalized spacial score (nSPS) is 24.5. The van der Waals surface area contributed by atoms with Gasteiger partial charge < -0.3 is 14.7 Å². The molecular formula is C14H27NO2. The van der Waals surface area contributed by atoms with E-state index in [0.717, 1.165) is 18.9 Å². The van der Waals surface area contributed by atoms with E-state index in [-0.39, 0.29) is 6.61 Å². The summed E-state index contributed by atoms with van der Waals surface area (Å²) in [6.45, 7) is 4.72. The van der Waals surface area contributed by atoms with E-state index in [0.29, 0.717) is 6.10 Å². The summed E-state index contributed by atoms with van der Waals surface area (Å²) < 4.78 is 5.75. The maximum atomic E-state index is 8.71. The Hall–Kier alpha value is -0.120. The molecule has 17 heavy (non-hydrogen) atoms. The van der Waals surface area contributed by atoms with Crippen molar-refractivity contribution < 1.29 is 9.84 Å². The third-order valence-electron chi connectivity index (χ3n) is 4.18.